The van der Waals surface area contributed by atoms with Crippen molar-refractivity contribution in [2.24, 2.45) is 0 Å². The molecule has 116 heavy (non-hydrogen) atoms. The molecule has 4 aromatic heterocycles. The quantitative estimate of drug-likeness (QED) is 0.0143. The fraction of sp³-hybridized carbons (Fsp3) is 0.439. The number of unbranched alkanes of at least 4 members (excludes halogenated alkanes) is 1. The number of aryl methyl sites for hydroxylation is 3. The number of piperidine rings is 2. The number of hydrogen-bond donors (Lipinski definition) is 7. The zero-order chi connectivity index (χ0) is 84.0. The molecule has 0 amide bonds. The lowest BCUT2D eigenvalue weighted by molar-refractivity contribution is 0.0982. The average Bonchev–Trinajstić information content (AvgIpc) is 0.808. The minimum absolute atomic E-state index is 0.0666. The van der Waals surface area contributed by atoms with Crippen LogP contribution in [0.5, 0.6) is 17.4 Å². The number of methoxy groups -OCH3 is 3. The molecule has 0 spiro atoms. The van der Waals surface area contributed by atoms with Crippen LogP contribution in [0.4, 0.5) is 51.7 Å². The summed E-state index contributed by atoms with van der Waals surface area (Å²) in [6, 6.07) is 26.8. The maximum atomic E-state index is 13.4. The molecule has 4 aliphatic heterocycles. The Morgan fingerprint density at radius 1 is 0.603 bits per heavy atom. The SMILES string of the molecule is CCCCO.CCc1cc(N)c(OC)cc1N1CCC(N2CCN(C)CC2)CC1.CCc1cc(Nc2ncc(Br)c(Nc3ccc(-c4cnc[nH]c4=O)cc3P(C)(C)=O)n2)c(OC)cc1N1CCC(N2CCN(C)CC2)CC1.COc1ncncc1-c1ccc(Nc2nc(Cl)ncc2Br)c(P(C)(C)=O)c1.Cc1ccc(S(=O)(=O)O)cc1. The molecule has 9 aromatic rings. The number of hydrogen-bond acceptors (Lipinski definition) is 26. The number of aromatic amines is 1. The van der Waals surface area contributed by atoms with Gasteiger partial charge in [0.2, 0.25) is 17.1 Å². The van der Waals surface area contributed by atoms with Gasteiger partial charge in [-0.05, 0) is 207 Å². The molecular formula is C82H111Br2ClN18O10P2S. The summed E-state index contributed by atoms with van der Waals surface area (Å²) < 4.78 is 73.8. The molecule has 0 atom stereocenters. The van der Waals surface area contributed by atoms with Crippen LogP contribution in [0.15, 0.2) is 141 Å². The van der Waals surface area contributed by atoms with E-state index in [1.165, 1.54) is 92.5 Å². The van der Waals surface area contributed by atoms with Crippen molar-refractivity contribution in [2.45, 2.75) is 96.0 Å². The first-order valence-corrected chi connectivity index (χ1v) is 47.4. The zero-order valence-electron chi connectivity index (χ0n) is 68.5. The number of aliphatic hydroxyl groups excluding tert-OH is 1. The minimum Gasteiger partial charge on any atom is -0.495 e. The average molecular weight is 1800 g/mol. The van der Waals surface area contributed by atoms with Crippen LogP contribution in [-0.2, 0) is 32.1 Å². The largest absolute Gasteiger partial charge is 0.495 e. The summed E-state index contributed by atoms with van der Waals surface area (Å²) >= 11 is 12.8. The Kier molecular flexibility index (Phi) is 34.0. The van der Waals surface area contributed by atoms with Crippen LogP contribution in [0.25, 0.3) is 22.3 Å². The summed E-state index contributed by atoms with van der Waals surface area (Å²) in [5.74, 6) is 3.32. The second kappa shape index (κ2) is 43.0. The second-order valence-corrected chi connectivity index (χ2v) is 39.4. The number of aromatic nitrogens is 8. The number of nitrogen functional groups attached to an aromatic ring is 1. The second-order valence-electron chi connectivity index (χ2n) is 29.6. The Bertz CT molecular complexity index is 5020. The third-order valence-corrected chi connectivity index (χ3v) is 26.0. The maximum absolute atomic E-state index is 13.4. The summed E-state index contributed by atoms with van der Waals surface area (Å²) in [4.78, 5) is 59.8. The molecule has 4 saturated heterocycles. The van der Waals surface area contributed by atoms with Crippen molar-refractivity contribution in [1.82, 2.24) is 59.5 Å². The van der Waals surface area contributed by atoms with E-state index in [0.717, 1.165) is 131 Å². The van der Waals surface area contributed by atoms with Crippen molar-refractivity contribution >= 4 is 130 Å². The smallest absolute Gasteiger partial charge is 0.294 e. The van der Waals surface area contributed by atoms with E-state index < -0.39 is 24.4 Å². The normalized spacial score (nSPS) is 15.4. The lowest BCUT2D eigenvalue weighted by atomic mass is 9.99. The van der Waals surface area contributed by atoms with E-state index in [4.69, 9.17) is 46.2 Å². The summed E-state index contributed by atoms with van der Waals surface area (Å²) in [7, 11) is -0.0712. The third kappa shape index (κ3) is 25.4. The summed E-state index contributed by atoms with van der Waals surface area (Å²) in [5.41, 5.74) is 17.2. The van der Waals surface area contributed by atoms with E-state index in [0.29, 0.717) is 83.7 Å². The lowest BCUT2D eigenvalue weighted by Crippen LogP contribution is -2.52. The van der Waals surface area contributed by atoms with Crippen LogP contribution in [0.2, 0.25) is 5.28 Å². The van der Waals surface area contributed by atoms with Gasteiger partial charge in [-0.3, -0.25) is 19.1 Å². The van der Waals surface area contributed by atoms with Crippen LogP contribution < -0.4 is 61.9 Å². The first-order chi connectivity index (χ1) is 55.4. The van der Waals surface area contributed by atoms with E-state index in [1.54, 1.807) is 90.8 Å². The Morgan fingerprint density at radius 3 is 1.56 bits per heavy atom. The molecule has 0 unspecified atom stereocenters. The third-order valence-electron chi connectivity index (χ3n) is 20.7. The lowest BCUT2D eigenvalue weighted by Gasteiger charge is -2.43. The Morgan fingerprint density at radius 2 is 1.09 bits per heavy atom. The number of nitrogens with zero attached hydrogens (tertiary/aromatic N) is 13. The number of H-pyrrole nitrogens is 1. The summed E-state index contributed by atoms with van der Waals surface area (Å²) in [6.45, 7) is 29.2. The van der Waals surface area contributed by atoms with Gasteiger partial charge >= 0.3 is 0 Å². The van der Waals surface area contributed by atoms with Crippen LogP contribution in [-0.4, -0.2) is 237 Å². The maximum Gasteiger partial charge on any atom is 0.294 e. The van der Waals surface area contributed by atoms with E-state index in [1.807, 2.05) is 31.2 Å². The van der Waals surface area contributed by atoms with Gasteiger partial charge < -0.3 is 74.7 Å². The van der Waals surface area contributed by atoms with Gasteiger partial charge in [0, 0.05) is 156 Å². The minimum atomic E-state index is -4.02. The van der Waals surface area contributed by atoms with Gasteiger partial charge in [-0.2, -0.15) is 18.4 Å². The van der Waals surface area contributed by atoms with Gasteiger partial charge in [0.15, 0.2) is 0 Å². The molecular weight excluding hydrogens is 1690 g/mol. The number of anilines is 9. The molecule has 0 radical (unpaired) electrons. The van der Waals surface area contributed by atoms with E-state index in [2.05, 4.69) is 171 Å². The first kappa shape index (κ1) is 91.7. The van der Waals surface area contributed by atoms with Gasteiger partial charge in [-0.1, -0.05) is 57.0 Å². The van der Waals surface area contributed by atoms with Crippen LogP contribution in [0.1, 0.15) is 76.0 Å². The molecule has 34 heteroatoms. The van der Waals surface area contributed by atoms with Crippen LogP contribution >= 0.6 is 57.7 Å². The molecule has 0 bridgehead atoms. The molecule has 8 N–H and O–H groups in total. The van der Waals surface area contributed by atoms with Crippen LogP contribution in [0.3, 0.4) is 0 Å². The van der Waals surface area contributed by atoms with E-state index >= 15 is 0 Å². The number of nitrogens with one attached hydrogen (secondary N) is 4. The Labute approximate surface area is 704 Å². The number of ether oxygens (including phenoxy) is 3. The number of benzene rings is 5. The molecule has 4 aliphatic rings. The standard InChI is InChI=1S/C35H45BrN9O3P.C19H32N4O.C17H16BrClN5O2P.C7H8O3S.C4H10O/c1-6-23-17-29(31(48-3)19-30(23)45-11-9-25(10-12-45)44-15-13-43(2)14-16-44)41-35-38-21-27(36)33(42-35)40-28-8-7-24(18-32(28)49(4,5)47)26-20-37-22-39-34(26)46;1-4-15-13-17(20)19(24-3)14-18(15)23-7-5-16(6-8-23)22-11-9-21(2)10-12-22;1-26-16-11(7-20-9-22-16)10-4-5-13(14(6-10)27(2,3)25)23-15-12(18)8-21-17(19)24-15;1-6-2-4-7(5-3-6)11(8,9)10;1-2-3-4-5/h7-8,17-22,25H,6,9-16H2,1-5H3,(H,37,39,46)(H2,38,40,41,42);13-14,16H,4-12,20H2,1-3H3;4-9H,1-3H3,(H,21,23,24);2-5H,1H3,(H,8,9,10);5H,2-4H2,1H3. The van der Waals surface area contributed by atoms with Crippen molar-refractivity contribution in [1.29, 1.82) is 0 Å². The molecule has 626 valence electrons. The predicted octanol–water partition coefficient (Wildman–Crippen LogP) is 13.9. The van der Waals surface area contributed by atoms with Crippen molar-refractivity contribution in [3.8, 4) is 39.6 Å². The van der Waals surface area contributed by atoms with Gasteiger partial charge in [-0.25, -0.2) is 24.9 Å². The molecule has 13 rings (SSSR count). The number of likely N-dealkylation sites (N-methyl/N-ethyl adjacent to an activating group) is 2. The molecule has 0 aliphatic carbocycles. The van der Waals surface area contributed by atoms with Gasteiger partial charge in [-0.15, -0.1) is 0 Å². The van der Waals surface area contributed by atoms with Crippen LogP contribution in [0, 0.1) is 6.92 Å². The van der Waals surface area contributed by atoms with Gasteiger partial charge in [0.05, 0.1) is 75.4 Å². The fourth-order valence-corrected chi connectivity index (χ4v) is 17.6. The van der Waals surface area contributed by atoms with Crippen molar-refractivity contribution < 1.29 is 41.4 Å². The number of aliphatic hydroxyl groups is 1. The Hall–Kier alpha value is -8.16. The van der Waals surface area contributed by atoms with Crippen molar-refractivity contribution in [2.75, 3.05) is 179 Å². The molecule has 0 saturated carbocycles. The van der Waals surface area contributed by atoms with Gasteiger partial charge in [0.25, 0.3) is 15.7 Å². The highest BCUT2D eigenvalue weighted by molar-refractivity contribution is 9.11. The first-order valence-electron chi connectivity index (χ1n) is 38.8. The molecule has 28 nitrogen and oxygen atoms in total. The molecule has 8 heterocycles. The zero-order valence-corrected chi connectivity index (χ0v) is 75.1. The predicted molar refractivity (Wildman–Crippen MR) is 478 cm³/mol. The number of piperazine rings is 2. The Balaban J connectivity index is 0.000000193. The monoisotopic (exact) mass is 1790 g/mol. The molecule has 4 fully saturated rings. The van der Waals surface area contributed by atoms with Crippen molar-refractivity contribution in [3.63, 3.8) is 0 Å². The highest BCUT2D eigenvalue weighted by atomic mass is 79.9. The summed E-state index contributed by atoms with van der Waals surface area (Å²) in [5, 5.41) is 19.3. The highest BCUT2D eigenvalue weighted by Gasteiger charge is 2.31. The van der Waals surface area contributed by atoms with E-state index in [9.17, 15) is 22.3 Å². The van der Waals surface area contributed by atoms with Gasteiger partial charge in [0.1, 0.15) is 43.7 Å². The topological polar surface area (TPSA) is 341 Å². The fourth-order valence-electron chi connectivity index (χ4n) is 14.1. The van der Waals surface area contributed by atoms with E-state index in [-0.39, 0.29) is 15.7 Å². The number of nitrogens with two attached hydrogens (primary N) is 1. The number of halogens is 3. The number of rotatable bonds is 22. The highest BCUT2D eigenvalue weighted by Crippen LogP contribution is 2.44. The van der Waals surface area contributed by atoms with Crippen molar-refractivity contribution in [3.05, 3.63) is 164 Å². The summed E-state index contributed by atoms with van der Waals surface area (Å²) in [6.07, 6.45) is 17.9. The molecule has 5 aromatic carbocycles.